The van der Waals surface area contributed by atoms with Crippen molar-refractivity contribution in [1.82, 2.24) is 20.4 Å². The number of thiophene rings is 1. The molecule has 8 heteroatoms. The van der Waals surface area contributed by atoms with Gasteiger partial charge in [-0.05, 0) is 43.0 Å². The van der Waals surface area contributed by atoms with E-state index < -0.39 is 0 Å². The largest absolute Gasteiger partial charge is 0.350 e. The summed E-state index contributed by atoms with van der Waals surface area (Å²) in [6.45, 7) is 4.72. The van der Waals surface area contributed by atoms with E-state index in [-0.39, 0.29) is 24.1 Å². The number of rotatable bonds is 5. The molecule has 130 valence electrons. The molecule has 0 bridgehead atoms. The van der Waals surface area contributed by atoms with Crippen LogP contribution in [0.3, 0.4) is 0 Å². The second-order valence-electron chi connectivity index (χ2n) is 5.71. The lowest BCUT2D eigenvalue weighted by Crippen LogP contribution is -2.24. The number of aromatic nitrogens is 2. The molecule has 0 fully saturated rings. The fraction of sp³-hybridized carbons (Fsp3) is 0.438. The number of fused-ring (bicyclic) bond motifs is 1. The summed E-state index contributed by atoms with van der Waals surface area (Å²) in [5, 5.41) is 12.6. The zero-order chi connectivity index (χ0) is 16.2. The summed E-state index contributed by atoms with van der Waals surface area (Å²) in [5.41, 5.74) is 2.92. The minimum absolute atomic E-state index is 0. The van der Waals surface area contributed by atoms with Crippen molar-refractivity contribution < 1.29 is 9.59 Å². The van der Waals surface area contributed by atoms with Gasteiger partial charge in [-0.15, -0.1) is 23.7 Å². The number of carbonyl (C=O) groups is 2. The number of carbonyl (C=O) groups excluding carboxylic acids is 2. The van der Waals surface area contributed by atoms with Crippen molar-refractivity contribution in [2.24, 2.45) is 0 Å². The van der Waals surface area contributed by atoms with Crippen LogP contribution < -0.4 is 10.6 Å². The van der Waals surface area contributed by atoms with Crippen LogP contribution in [0.2, 0.25) is 0 Å². The monoisotopic (exact) mass is 368 g/mol. The zero-order valence-electron chi connectivity index (χ0n) is 13.5. The number of Topliss-reactive ketones (excluding diaryl/α,β-unsaturated/α-hetero) is 1. The van der Waals surface area contributed by atoms with Crippen LogP contribution in [0.1, 0.15) is 40.0 Å². The van der Waals surface area contributed by atoms with Gasteiger partial charge in [0.05, 0.1) is 29.2 Å². The molecule has 0 saturated carbocycles. The highest BCUT2D eigenvalue weighted by molar-refractivity contribution is 7.12. The highest BCUT2D eigenvalue weighted by Crippen LogP contribution is 2.15. The number of halogens is 1. The summed E-state index contributed by atoms with van der Waals surface area (Å²) >= 11 is 1.38. The maximum atomic E-state index is 12.0. The highest BCUT2D eigenvalue weighted by Gasteiger charge is 2.12. The fourth-order valence-corrected chi connectivity index (χ4v) is 3.41. The summed E-state index contributed by atoms with van der Waals surface area (Å²) in [5.74, 6) is -0.0194. The summed E-state index contributed by atoms with van der Waals surface area (Å²) in [6.07, 6.45) is 1.36. The van der Waals surface area contributed by atoms with Gasteiger partial charge >= 0.3 is 0 Å². The van der Waals surface area contributed by atoms with Crippen molar-refractivity contribution in [3.8, 4) is 0 Å². The standard InChI is InChI=1S/C16H20N4O2S.ClH/c1-11(21)15-5-12(10-23-15)6-16(22)18-8-13-7-14-9-17-3-2-4-20(14)19-13;/h5,7,10,17H,2-4,6,8-9H2,1H3,(H,18,22);1H. The Morgan fingerprint density at radius 2 is 2.25 bits per heavy atom. The number of hydrogen-bond donors (Lipinski definition) is 2. The van der Waals surface area contributed by atoms with E-state index in [9.17, 15) is 9.59 Å². The number of amides is 1. The minimum Gasteiger partial charge on any atom is -0.350 e. The Balaban J connectivity index is 0.00000208. The lowest BCUT2D eigenvalue weighted by atomic mass is 10.2. The van der Waals surface area contributed by atoms with Crippen LogP contribution in [0.25, 0.3) is 0 Å². The maximum absolute atomic E-state index is 12.0. The van der Waals surface area contributed by atoms with Crippen molar-refractivity contribution in [3.63, 3.8) is 0 Å². The third-order valence-corrected chi connectivity index (χ3v) is 4.86. The lowest BCUT2D eigenvalue weighted by Gasteiger charge is -2.02. The second kappa shape index (κ2) is 8.41. The van der Waals surface area contributed by atoms with Gasteiger partial charge in [0.1, 0.15) is 0 Å². The van der Waals surface area contributed by atoms with Gasteiger partial charge in [-0.25, -0.2) is 0 Å². The van der Waals surface area contributed by atoms with Crippen molar-refractivity contribution >= 4 is 35.4 Å². The van der Waals surface area contributed by atoms with Gasteiger partial charge < -0.3 is 10.6 Å². The molecule has 3 heterocycles. The average molecular weight is 369 g/mol. The molecule has 0 radical (unpaired) electrons. The Morgan fingerprint density at radius 1 is 1.42 bits per heavy atom. The molecule has 0 atom stereocenters. The predicted octanol–water partition coefficient (Wildman–Crippen LogP) is 1.92. The number of ketones is 1. The minimum atomic E-state index is -0.0563. The van der Waals surface area contributed by atoms with Crippen LogP contribution in [-0.4, -0.2) is 28.0 Å². The summed E-state index contributed by atoms with van der Waals surface area (Å²) in [4.78, 5) is 24.0. The van der Waals surface area contributed by atoms with E-state index in [1.54, 1.807) is 6.07 Å². The summed E-state index contributed by atoms with van der Waals surface area (Å²) in [6, 6.07) is 3.83. The quantitative estimate of drug-likeness (QED) is 0.790. The van der Waals surface area contributed by atoms with E-state index in [0.717, 1.165) is 43.0 Å². The molecule has 0 aliphatic carbocycles. The van der Waals surface area contributed by atoms with Gasteiger partial charge in [-0.2, -0.15) is 5.10 Å². The van der Waals surface area contributed by atoms with Crippen LogP contribution in [-0.2, 0) is 30.8 Å². The van der Waals surface area contributed by atoms with Crippen LogP contribution in [0.15, 0.2) is 17.5 Å². The van der Waals surface area contributed by atoms with E-state index in [1.807, 2.05) is 16.1 Å². The topological polar surface area (TPSA) is 76.0 Å². The molecular weight excluding hydrogens is 348 g/mol. The van der Waals surface area contributed by atoms with E-state index >= 15 is 0 Å². The van der Waals surface area contributed by atoms with Gasteiger partial charge in [-0.3, -0.25) is 14.3 Å². The molecule has 2 N–H and O–H groups in total. The van der Waals surface area contributed by atoms with Gasteiger partial charge in [0.2, 0.25) is 5.91 Å². The first-order valence-electron chi connectivity index (χ1n) is 7.73. The number of nitrogens with one attached hydrogen (secondary N) is 2. The van der Waals surface area contributed by atoms with Crippen molar-refractivity contribution in [2.75, 3.05) is 6.54 Å². The Morgan fingerprint density at radius 3 is 3.00 bits per heavy atom. The van der Waals surface area contributed by atoms with Crippen molar-refractivity contribution in [2.45, 2.75) is 39.4 Å². The number of aryl methyl sites for hydroxylation is 1. The molecular formula is C16H21ClN4O2S. The zero-order valence-corrected chi connectivity index (χ0v) is 15.1. The van der Waals surface area contributed by atoms with Gasteiger partial charge in [0.15, 0.2) is 5.78 Å². The van der Waals surface area contributed by atoms with E-state index in [1.165, 1.54) is 18.3 Å². The molecule has 0 aromatic carbocycles. The van der Waals surface area contributed by atoms with Gasteiger partial charge in [-0.1, -0.05) is 0 Å². The molecule has 0 saturated heterocycles. The van der Waals surface area contributed by atoms with Crippen molar-refractivity contribution in [3.05, 3.63) is 39.3 Å². The lowest BCUT2D eigenvalue weighted by molar-refractivity contribution is -0.120. The molecule has 3 rings (SSSR count). The maximum Gasteiger partial charge on any atom is 0.224 e. The summed E-state index contributed by atoms with van der Waals surface area (Å²) < 4.78 is 2.01. The Hall–Kier alpha value is -1.70. The molecule has 0 unspecified atom stereocenters. The first kappa shape index (κ1) is 18.6. The molecule has 0 spiro atoms. The number of nitrogens with zero attached hydrogens (tertiary/aromatic N) is 2. The Kier molecular flexibility index (Phi) is 6.53. The van der Waals surface area contributed by atoms with Crippen LogP contribution in [0.5, 0.6) is 0 Å². The van der Waals surface area contributed by atoms with Gasteiger partial charge in [0, 0.05) is 13.1 Å². The van der Waals surface area contributed by atoms with E-state index in [2.05, 4.69) is 15.7 Å². The predicted molar refractivity (Wildman–Crippen MR) is 95.7 cm³/mol. The normalized spacial score (nSPS) is 13.5. The third kappa shape index (κ3) is 4.66. The third-order valence-electron chi connectivity index (χ3n) is 3.78. The smallest absolute Gasteiger partial charge is 0.224 e. The molecule has 1 amide bonds. The molecule has 1 aliphatic rings. The molecule has 2 aromatic rings. The van der Waals surface area contributed by atoms with Crippen LogP contribution in [0.4, 0.5) is 0 Å². The summed E-state index contributed by atoms with van der Waals surface area (Å²) in [7, 11) is 0. The Bertz CT molecular complexity index is 702. The first-order valence-corrected chi connectivity index (χ1v) is 8.61. The molecule has 2 aromatic heterocycles. The van der Waals surface area contributed by atoms with Crippen molar-refractivity contribution in [1.29, 1.82) is 0 Å². The highest BCUT2D eigenvalue weighted by atomic mass is 35.5. The number of hydrogen-bond acceptors (Lipinski definition) is 5. The first-order chi connectivity index (χ1) is 11.1. The van der Waals surface area contributed by atoms with E-state index in [4.69, 9.17) is 0 Å². The van der Waals surface area contributed by atoms with Crippen LogP contribution >= 0.6 is 23.7 Å². The fourth-order valence-electron chi connectivity index (χ4n) is 2.60. The van der Waals surface area contributed by atoms with Crippen LogP contribution in [0, 0.1) is 0 Å². The molecule has 6 nitrogen and oxygen atoms in total. The second-order valence-corrected chi connectivity index (χ2v) is 6.62. The van der Waals surface area contributed by atoms with E-state index in [0.29, 0.717) is 17.8 Å². The van der Waals surface area contributed by atoms with Gasteiger partial charge in [0.25, 0.3) is 0 Å². The Labute approximate surface area is 151 Å². The molecule has 24 heavy (non-hydrogen) atoms. The SMILES string of the molecule is CC(=O)c1cc(CC(=O)NCc2cc3n(n2)CCCNC3)cs1.Cl. The molecule has 1 aliphatic heterocycles. The average Bonchev–Trinajstić information content (AvgIpc) is 3.07.